The van der Waals surface area contributed by atoms with Gasteiger partial charge < -0.3 is 10.5 Å². The number of rotatable bonds is 4. The highest BCUT2D eigenvalue weighted by molar-refractivity contribution is 7.89. The monoisotopic (exact) mass is 306 g/mol. The molecule has 0 radical (unpaired) electrons. The number of benzene rings is 2. The van der Waals surface area contributed by atoms with Crippen LogP contribution in [0.5, 0.6) is 11.5 Å². The molecule has 0 bridgehead atoms. The number of aryl methyl sites for hydroxylation is 1. The van der Waals surface area contributed by atoms with E-state index in [1.54, 1.807) is 6.07 Å². The molecule has 0 atom stereocenters. The molecule has 0 saturated heterocycles. The lowest BCUT2D eigenvalue weighted by Gasteiger charge is -2.12. The third kappa shape index (κ3) is 3.17. The molecular formula is C15H18N2O3S. The van der Waals surface area contributed by atoms with Gasteiger partial charge in [-0.05, 0) is 50.2 Å². The zero-order valence-corrected chi connectivity index (χ0v) is 13.0. The van der Waals surface area contributed by atoms with Gasteiger partial charge in [-0.25, -0.2) is 13.1 Å². The number of hydrogen-bond donors (Lipinski definition) is 2. The van der Waals surface area contributed by atoms with Crippen LogP contribution in [0.2, 0.25) is 0 Å². The Morgan fingerprint density at radius 1 is 1.14 bits per heavy atom. The summed E-state index contributed by atoms with van der Waals surface area (Å²) in [6.45, 7) is 3.97. The Morgan fingerprint density at radius 3 is 2.48 bits per heavy atom. The topological polar surface area (TPSA) is 81.4 Å². The summed E-state index contributed by atoms with van der Waals surface area (Å²) in [4.78, 5) is 0.0401. The maximum atomic E-state index is 11.8. The van der Waals surface area contributed by atoms with Crippen LogP contribution >= 0.6 is 0 Å². The quantitative estimate of drug-likeness (QED) is 0.851. The second-order valence-corrected chi connectivity index (χ2v) is 6.56. The molecule has 0 aliphatic rings. The summed E-state index contributed by atoms with van der Waals surface area (Å²) in [6, 6.07) is 10.3. The molecule has 0 unspecified atom stereocenters. The van der Waals surface area contributed by atoms with Gasteiger partial charge in [0.1, 0.15) is 16.4 Å². The third-order valence-electron chi connectivity index (χ3n) is 3.32. The van der Waals surface area contributed by atoms with Crippen LogP contribution in [0.25, 0.3) is 0 Å². The summed E-state index contributed by atoms with van der Waals surface area (Å²) in [5, 5.41) is 0. The highest BCUT2D eigenvalue weighted by Crippen LogP contribution is 2.30. The standard InChI is InChI=1S/C15H18N2O3S/c1-10-5-4-6-14(11(10)2)20-12-7-8-15(13(16)9-12)21(18,19)17-3/h4-9,17H,16H2,1-3H3. The van der Waals surface area contributed by atoms with Crippen molar-refractivity contribution in [3.63, 3.8) is 0 Å². The van der Waals surface area contributed by atoms with Crippen molar-refractivity contribution in [3.8, 4) is 11.5 Å². The smallest absolute Gasteiger partial charge is 0.242 e. The molecule has 2 rings (SSSR count). The van der Waals surface area contributed by atoms with E-state index in [-0.39, 0.29) is 10.6 Å². The molecule has 112 valence electrons. The van der Waals surface area contributed by atoms with E-state index in [1.807, 2.05) is 32.0 Å². The molecule has 0 saturated carbocycles. The van der Waals surface area contributed by atoms with Gasteiger partial charge in [-0.2, -0.15) is 0 Å². The Labute approximate surface area is 124 Å². The maximum Gasteiger partial charge on any atom is 0.242 e. The second-order valence-electron chi connectivity index (χ2n) is 4.71. The van der Waals surface area contributed by atoms with E-state index in [2.05, 4.69) is 4.72 Å². The summed E-state index contributed by atoms with van der Waals surface area (Å²) in [5.74, 6) is 1.22. The SMILES string of the molecule is CNS(=O)(=O)c1ccc(Oc2cccc(C)c2C)cc1N. The average molecular weight is 306 g/mol. The predicted octanol–water partition coefficient (Wildman–Crippen LogP) is 2.59. The summed E-state index contributed by atoms with van der Waals surface area (Å²) >= 11 is 0. The van der Waals surface area contributed by atoms with Gasteiger partial charge in [-0.15, -0.1) is 0 Å². The summed E-state index contributed by atoms with van der Waals surface area (Å²) in [6.07, 6.45) is 0. The van der Waals surface area contributed by atoms with Gasteiger partial charge in [-0.1, -0.05) is 12.1 Å². The molecule has 0 aromatic heterocycles. The van der Waals surface area contributed by atoms with E-state index in [0.29, 0.717) is 5.75 Å². The van der Waals surface area contributed by atoms with Crippen LogP contribution in [0.3, 0.4) is 0 Å². The van der Waals surface area contributed by atoms with Gasteiger partial charge in [0.15, 0.2) is 0 Å². The van der Waals surface area contributed by atoms with Gasteiger partial charge in [0.05, 0.1) is 5.69 Å². The number of nitrogen functional groups attached to an aromatic ring is 1. The fraction of sp³-hybridized carbons (Fsp3) is 0.200. The number of ether oxygens (including phenoxy) is 1. The fourth-order valence-corrected chi connectivity index (χ4v) is 2.74. The Hall–Kier alpha value is -2.05. The first-order valence-electron chi connectivity index (χ1n) is 6.42. The molecule has 21 heavy (non-hydrogen) atoms. The van der Waals surface area contributed by atoms with Crippen molar-refractivity contribution in [2.45, 2.75) is 18.7 Å². The molecular weight excluding hydrogens is 288 g/mol. The fourth-order valence-electron chi connectivity index (χ4n) is 1.91. The molecule has 2 aromatic rings. The van der Waals surface area contributed by atoms with Crippen molar-refractivity contribution in [3.05, 3.63) is 47.5 Å². The summed E-state index contributed by atoms with van der Waals surface area (Å²) in [5.41, 5.74) is 8.10. The summed E-state index contributed by atoms with van der Waals surface area (Å²) in [7, 11) is -2.22. The normalized spacial score (nSPS) is 11.4. The van der Waals surface area contributed by atoms with E-state index in [9.17, 15) is 8.42 Å². The molecule has 3 N–H and O–H groups in total. The van der Waals surface area contributed by atoms with Crippen molar-refractivity contribution in [1.29, 1.82) is 0 Å². The molecule has 0 amide bonds. The first-order chi connectivity index (χ1) is 9.85. The first kappa shape index (κ1) is 15.3. The lowest BCUT2D eigenvalue weighted by Crippen LogP contribution is -2.19. The lowest BCUT2D eigenvalue weighted by atomic mass is 10.1. The molecule has 0 spiro atoms. The van der Waals surface area contributed by atoms with Crippen molar-refractivity contribution in [1.82, 2.24) is 4.72 Å². The number of nitrogens with one attached hydrogen (secondary N) is 1. The highest BCUT2D eigenvalue weighted by atomic mass is 32.2. The maximum absolute atomic E-state index is 11.8. The van der Waals surface area contributed by atoms with Gasteiger partial charge in [0.2, 0.25) is 10.0 Å². The zero-order valence-electron chi connectivity index (χ0n) is 12.2. The molecule has 0 heterocycles. The lowest BCUT2D eigenvalue weighted by molar-refractivity contribution is 0.478. The first-order valence-corrected chi connectivity index (χ1v) is 7.90. The van der Waals surface area contributed by atoms with Gasteiger partial charge in [-0.3, -0.25) is 0 Å². The molecule has 6 heteroatoms. The Balaban J connectivity index is 2.36. The third-order valence-corrected chi connectivity index (χ3v) is 4.81. The van der Waals surface area contributed by atoms with E-state index in [4.69, 9.17) is 10.5 Å². The van der Waals surface area contributed by atoms with Crippen molar-refractivity contribution in [2.75, 3.05) is 12.8 Å². The molecule has 5 nitrogen and oxygen atoms in total. The minimum atomic E-state index is -3.56. The number of nitrogens with two attached hydrogens (primary N) is 1. The number of sulfonamides is 1. The Morgan fingerprint density at radius 2 is 1.86 bits per heavy atom. The van der Waals surface area contributed by atoms with Crippen LogP contribution in [0.15, 0.2) is 41.3 Å². The van der Waals surface area contributed by atoms with Crippen molar-refractivity contribution in [2.24, 2.45) is 0 Å². The molecule has 2 aromatic carbocycles. The van der Waals surface area contributed by atoms with Crippen molar-refractivity contribution >= 4 is 15.7 Å². The van der Waals surface area contributed by atoms with Crippen LogP contribution in [0.1, 0.15) is 11.1 Å². The van der Waals surface area contributed by atoms with E-state index in [0.717, 1.165) is 16.9 Å². The average Bonchev–Trinajstić information content (AvgIpc) is 2.44. The van der Waals surface area contributed by atoms with Crippen molar-refractivity contribution < 1.29 is 13.2 Å². The zero-order chi connectivity index (χ0) is 15.6. The Kier molecular flexibility index (Phi) is 4.20. The summed E-state index contributed by atoms with van der Waals surface area (Å²) < 4.78 is 31.5. The minimum absolute atomic E-state index is 0.0401. The van der Waals surface area contributed by atoms with Crippen LogP contribution < -0.4 is 15.2 Å². The minimum Gasteiger partial charge on any atom is -0.457 e. The number of hydrogen-bond acceptors (Lipinski definition) is 4. The molecule has 0 fully saturated rings. The van der Waals surface area contributed by atoms with E-state index >= 15 is 0 Å². The molecule has 0 aliphatic carbocycles. The number of anilines is 1. The van der Waals surface area contributed by atoms with Gasteiger partial charge >= 0.3 is 0 Å². The van der Waals surface area contributed by atoms with Gasteiger partial charge in [0, 0.05) is 6.07 Å². The largest absolute Gasteiger partial charge is 0.457 e. The van der Waals surface area contributed by atoms with E-state index in [1.165, 1.54) is 19.2 Å². The predicted molar refractivity (Wildman–Crippen MR) is 83.1 cm³/mol. The van der Waals surface area contributed by atoms with Crippen LogP contribution in [-0.4, -0.2) is 15.5 Å². The van der Waals surface area contributed by atoms with Crippen LogP contribution in [0, 0.1) is 13.8 Å². The Bertz CT molecular complexity index is 770. The van der Waals surface area contributed by atoms with Crippen LogP contribution in [-0.2, 0) is 10.0 Å². The van der Waals surface area contributed by atoms with Gasteiger partial charge in [0.25, 0.3) is 0 Å². The van der Waals surface area contributed by atoms with Crippen LogP contribution in [0.4, 0.5) is 5.69 Å². The second kappa shape index (κ2) is 5.75. The van der Waals surface area contributed by atoms with E-state index < -0.39 is 10.0 Å². The molecule has 0 aliphatic heterocycles. The highest BCUT2D eigenvalue weighted by Gasteiger charge is 2.16.